The number of nitrogens with zero attached hydrogens (tertiary/aromatic N) is 3. The summed E-state index contributed by atoms with van der Waals surface area (Å²) < 4.78 is 1.88. The fraction of sp³-hybridized carbons (Fsp3) is 0.750. The van der Waals surface area contributed by atoms with Crippen LogP contribution in [0.25, 0.3) is 0 Å². The van der Waals surface area contributed by atoms with Crippen molar-refractivity contribution in [2.45, 2.75) is 58.6 Å². The molecule has 0 spiro atoms. The van der Waals surface area contributed by atoms with Gasteiger partial charge >= 0.3 is 0 Å². The Morgan fingerprint density at radius 2 is 2.10 bits per heavy atom. The van der Waals surface area contributed by atoms with Gasteiger partial charge in [0.2, 0.25) is 0 Å². The van der Waals surface area contributed by atoms with Gasteiger partial charge in [0.05, 0.1) is 17.4 Å². The standard InChI is InChI=1S/C16H27N3O2/c1-12(2)10-19-13(3)14(9-17-19)15(20)18(4)11-16(21)7-5-6-8-16/h9,12,21H,5-8,10-11H2,1-4H3. The van der Waals surface area contributed by atoms with Gasteiger partial charge in [-0.1, -0.05) is 26.7 Å². The van der Waals surface area contributed by atoms with Crippen molar-refractivity contribution in [3.05, 3.63) is 17.5 Å². The second kappa shape index (κ2) is 6.18. The van der Waals surface area contributed by atoms with Gasteiger partial charge in [0.1, 0.15) is 0 Å². The minimum absolute atomic E-state index is 0.0529. The van der Waals surface area contributed by atoms with Crippen molar-refractivity contribution in [2.75, 3.05) is 13.6 Å². The number of hydrogen-bond donors (Lipinski definition) is 1. The van der Waals surface area contributed by atoms with E-state index in [1.165, 1.54) is 0 Å². The molecular formula is C16H27N3O2. The van der Waals surface area contributed by atoms with Crippen molar-refractivity contribution in [2.24, 2.45) is 5.92 Å². The summed E-state index contributed by atoms with van der Waals surface area (Å²) in [5, 5.41) is 14.8. The lowest BCUT2D eigenvalue weighted by Crippen LogP contribution is -2.42. The molecule has 1 N–H and O–H groups in total. The number of carbonyl (C=O) groups is 1. The van der Waals surface area contributed by atoms with Crippen molar-refractivity contribution in [3.63, 3.8) is 0 Å². The second-order valence-electron chi connectivity index (χ2n) is 6.81. The molecule has 1 aliphatic rings. The van der Waals surface area contributed by atoms with Gasteiger partial charge in [-0.25, -0.2) is 0 Å². The largest absolute Gasteiger partial charge is 0.388 e. The molecule has 0 atom stereocenters. The van der Waals surface area contributed by atoms with E-state index in [0.29, 0.717) is 18.0 Å². The summed E-state index contributed by atoms with van der Waals surface area (Å²) in [6.07, 6.45) is 5.31. The normalized spacial score (nSPS) is 17.4. The van der Waals surface area contributed by atoms with Crippen LogP contribution in [0.2, 0.25) is 0 Å². The summed E-state index contributed by atoms with van der Waals surface area (Å²) in [6, 6.07) is 0. The number of aromatic nitrogens is 2. The highest BCUT2D eigenvalue weighted by Gasteiger charge is 2.34. The average molecular weight is 293 g/mol. The molecular weight excluding hydrogens is 266 g/mol. The highest BCUT2D eigenvalue weighted by atomic mass is 16.3. The summed E-state index contributed by atoms with van der Waals surface area (Å²) in [6.45, 7) is 7.41. The Labute approximate surface area is 126 Å². The third kappa shape index (κ3) is 3.64. The number of carbonyl (C=O) groups excluding carboxylic acids is 1. The van der Waals surface area contributed by atoms with E-state index >= 15 is 0 Å². The molecule has 1 aromatic rings. The Morgan fingerprint density at radius 3 is 2.67 bits per heavy atom. The van der Waals surface area contributed by atoms with Gasteiger partial charge in [-0.2, -0.15) is 5.10 Å². The molecule has 21 heavy (non-hydrogen) atoms. The number of hydrogen-bond acceptors (Lipinski definition) is 3. The number of likely N-dealkylation sites (N-methyl/N-ethyl adjacent to an activating group) is 1. The maximum atomic E-state index is 12.6. The van der Waals surface area contributed by atoms with Gasteiger partial charge in [-0.05, 0) is 25.7 Å². The zero-order valence-electron chi connectivity index (χ0n) is 13.6. The number of amides is 1. The highest BCUT2D eigenvalue weighted by Crippen LogP contribution is 2.30. The van der Waals surface area contributed by atoms with Crippen LogP contribution < -0.4 is 0 Å². The molecule has 1 aliphatic carbocycles. The van der Waals surface area contributed by atoms with E-state index in [9.17, 15) is 9.90 Å². The van der Waals surface area contributed by atoms with E-state index < -0.39 is 5.60 Å². The van der Waals surface area contributed by atoms with Crippen LogP contribution in [0, 0.1) is 12.8 Å². The van der Waals surface area contributed by atoms with Crippen LogP contribution in [0.3, 0.4) is 0 Å². The smallest absolute Gasteiger partial charge is 0.257 e. The fourth-order valence-corrected chi connectivity index (χ4v) is 3.10. The first-order valence-electron chi connectivity index (χ1n) is 7.83. The molecule has 1 saturated carbocycles. The molecule has 0 aromatic carbocycles. The van der Waals surface area contributed by atoms with E-state index in [1.807, 2.05) is 11.6 Å². The topological polar surface area (TPSA) is 58.4 Å². The summed E-state index contributed by atoms with van der Waals surface area (Å²) >= 11 is 0. The number of rotatable bonds is 5. The Balaban J connectivity index is 2.07. The van der Waals surface area contributed by atoms with Crippen molar-refractivity contribution >= 4 is 5.91 Å². The fourth-order valence-electron chi connectivity index (χ4n) is 3.10. The van der Waals surface area contributed by atoms with Gasteiger partial charge in [-0.3, -0.25) is 9.48 Å². The Morgan fingerprint density at radius 1 is 1.48 bits per heavy atom. The first-order valence-corrected chi connectivity index (χ1v) is 7.83. The molecule has 5 heteroatoms. The van der Waals surface area contributed by atoms with E-state index in [4.69, 9.17) is 0 Å². The predicted molar refractivity (Wildman–Crippen MR) is 82.2 cm³/mol. The summed E-state index contributed by atoms with van der Waals surface area (Å²) in [7, 11) is 1.76. The summed E-state index contributed by atoms with van der Waals surface area (Å²) in [5.41, 5.74) is 0.838. The van der Waals surface area contributed by atoms with Crippen LogP contribution in [0.5, 0.6) is 0 Å². The molecule has 2 rings (SSSR count). The van der Waals surface area contributed by atoms with Gasteiger partial charge in [0.25, 0.3) is 5.91 Å². The molecule has 1 amide bonds. The van der Waals surface area contributed by atoms with Gasteiger partial charge in [-0.15, -0.1) is 0 Å². The first kappa shape index (κ1) is 16.0. The lowest BCUT2D eigenvalue weighted by atomic mass is 10.0. The predicted octanol–water partition coefficient (Wildman–Crippen LogP) is 2.22. The molecule has 1 fully saturated rings. The molecule has 118 valence electrons. The van der Waals surface area contributed by atoms with Crippen LogP contribution in [0.1, 0.15) is 55.6 Å². The summed E-state index contributed by atoms with van der Waals surface area (Å²) in [4.78, 5) is 14.2. The minimum Gasteiger partial charge on any atom is -0.388 e. The molecule has 0 bridgehead atoms. The molecule has 1 aromatic heterocycles. The maximum Gasteiger partial charge on any atom is 0.257 e. The van der Waals surface area contributed by atoms with E-state index in [0.717, 1.165) is 37.9 Å². The van der Waals surface area contributed by atoms with Gasteiger partial charge in [0.15, 0.2) is 0 Å². The van der Waals surface area contributed by atoms with Gasteiger partial charge < -0.3 is 10.0 Å². The zero-order valence-corrected chi connectivity index (χ0v) is 13.6. The van der Waals surface area contributed by atoms with Crippen molar-refractivity contribution < 1.29 is 9.90 Å². The Bertz CT molecular complexity index is 502. The van der Waals surface area contributed by atoms with Crippen molar-refractivity contribution in [1.82, 2.24) is 14.7 Å². The first-order chi connectivity index (χ1) is 9.82. The Hall–Kier alpha value is -1.36. The molecule has 0 unspecified atom stereocenters. The second-order valence-corrected chi connectivity index (χ2v) is 6.81. The molecule has 5 nitrogen and oxygen atoms in total. The third-order valence-corrected chi connectivity index (χ3v) is 4.28. The monoisotopic (exact) mass is 293 g/mol. The van der Waals surface area contributed by atoms with Gasteiger partial charge in [0, 0.05) is 25.8 Å². The minimum atomic E-state index is -0.702. The SMILES string of the molecule is Cc1c(C(=O)N(C)CC2(O)CCCC2)cnn1CC(C)C. The van der Waals surface area contributed by atoms with Crippen molar-refractivity contribution in [1.29, 1.82) is 0 Å². The summed E-state index contributed by atoms with van der Waals surface area (Å²) in [5.74, 6) is 0.436. The van der Waals surface area contributed by atoms with Crippen LogP contribution in [0.15, 0.2) is 6.20 Å². The maximum absolute atomic E-state index is 12.6. The third-order valence-electron chi connectivity index (χ3n) is 4.28. The van der Waals surface area contributed by atoms with Crippen LogP contribution in [-0.2, 0) is 6.54 Å². The lowest BCUT2D eigenvalue weighted by molar-refractivity contribution is 0.0156. The molecule has 0 radical (unpaired) electrons. The average Bonchev–Trinajstić information content (AvgIpc) is 2.96. The van der Waals surface area contributed by atoms with E-state index in [-0.39, 0.29) is 5.91 Å². The Kier molecular flexibility index (Phi) is 4.71. The quantitative estimate of drug-likeness (QED) is 0.905. The zero-order chi connectivity index (χ0) is 15.6. The van der Waals surface area contributed by atoms with Crippen molar-refractivity contribution in [3.8, 4) is 0 Å². The molecule has 1 heterocycles. The molecule has 0 aliphatic heterocycles. The molecule has 0 saturated heterocycles. The van der Waals surface area contributed by atoms with Crippen LogP contribution in [0.4, 0.5) is 0 Å². The lowest BCUT2D eigenvalue weighted by Gasteiger charge is -2.28. The van der Waals surface area contributed by atoms with E-state index in [1.54, 1.807) is 18.1 Å². The number of aliphatic hydroxyl groups is 1. The van der Waals surface area contributed by atoms with Crippen LogP contribution >= 0.6 is 0 Å². The van der Waals surface area contributed by atoms with Crippen LogP contribution in [-0.4, -0.2) is 44.9 Å². The van der Waals surface area contributed by atoms with E-state index in [2.05, 4.69) is 18.9 Å². The highest BCUT2D eigenvalue weighted by molar-refractivity contribution is 5.94.